The Balaban J connectivity index is 1.24. The number of para-hydroxylation sites is 1. The van der Waals surface area contributed by atoms with Crippen LogP contribution in [0.2, 0.25) is 0 Å². The fourth-order valence-electron chi connectivity index (χ4n) is 3.48. The van der Waals surface area contributed by atoms with Gasteiger partial charge in [-0.1, -0.05) is 53.8 Å². The zero-order valence-corrected chi connectivity index (χ0v) is 14.6. The van der Waals surface area contributed by atoms with Crippen molar-refractivity contribution in [1.29, 1.82) is 0 Å². The quantitative estimate of drug-likeness (QED) is 0.738. The smallest absolute Gasteiger partial charge is 0.183 e. The highest BCUT2D eigenvalue weighted by Gasteiger charge is 2.19. The Morgan fingerprint density at radius 2 is 1.75 bits per heavy atom. The van der Waals surface area contributed by atoms with Gasteiger partial charge in [-0.05, 0) is 49.5 Å². The van der Waals surface area contributed by atoms with Gasteiger partial charge >= 0.3 is 0 Å². The minimum Gasteiger partial charge on any atom is -0.360 e. The van der Waals surface area contributed by atoms with Crippen molar-refractivity contribution in [2.45, 2.75) is 18.8 Å². The molecule has 0 bridgehead atoms. The number of anilines is 1. The molecule has 3 nitrogen and oxygen atoms in total. The minimum atomic E-state index is 0.736. The van der Waals surface area contributed by atoms with Gasteiger partial charge in [-0.3, -0.25) is 0 Å². The van der Waals surface area contributed by atoms with Crippen LogP contribution in [0.3, 0.4) is 0 Å². The number of nitrogens with zero attached hydrogens (tertiary/aromatic N) is 2. The zero-order chi connectivity index (χ0) is 16.2. The van der Waals surface area contributed by atoms with Crippen LogP contribution in [0.1, 0.15) is 24.3 Å². The first-order valence-corrected chi connectivity index (χ1v) is 9.57. The number of hydrogen-bond donors (Lipinski definition) is 1. The number of piperidine rings is 1. The Hall–Kier alpha value is -1.91. The Morgan fingerprint density at radius 3 is 2.54 bits per heavy atom. The molecule has 1 fully saturated rings. The van der Waals surface area contributed by atoms with Gasteiger partial charge < -0.3 is 10.2 Å². The first-order valence-electron chi connectivity index (χ1n) is 8.75. The summed E-state index contributed by atoms with van der Waals surface area (Å²) in [7, 11) is 0. The van der Waals surface area contributed by atoms with Gasteiger partial charge in [0.2, 0.25) is 0 Å². The van der Waals surface area contributed by atoms with Crippen LogP contribution in [0.4, 0.5) is 5.13 Å². The van der Waals surface area contributed by atoms with Crippen molar-refractivity contribution >= 4 is 26.7 Å². The first-order chi connectivity index (χ1) is 11.9. The SMILES string of the molecule is c1ccc(C2CCN(CCNc3nc4ccccc4s3)CC2)cc1. The lowest BCUT2D eigenvalue weighted by Crippen LogP contribution is -2.36. The average molecular weight is 337 g/mol. The molecule has 2 aromatic carbocycles. The average Bonchev–Trinajstić information content (AvgIpc) is 3.06. The summed E-state index contributed by atoms with van der Waals surface area (Å²) >= 11 is 1.74. The molecular formula is C20H23N3S. The maximum atomic E-state index is 4.64. The van der Waals surface area contributed by atoms with Crippen molar-refractivity contribution in [3.63, 3.8) is 0 Å². The molecule has 0 aliphatic carbocycles. The van der Waals surface area contributed by atoms with Crippen LogP contribution in [-0.4, -0.2) is 36.1 Å². The largest absolute Gasteiger partial charge is 0.360 e. The molecule has 1 aliphatic heterocycles. The molecule has 4 rings (SSSR count). The molecule has 3 aromatic rings. The number of thiazole rings is 1. The number of fused-ring (bicyclic) bond motifs is 1. The molecule has 1 N–H and O–H groups in total. The van der Waals surface area contributed by atoms with Crippen LogP contribution in [0.5, 0.6) is 0 Å². The third kappa shape index (κ3) is 3.60. The first kappa shape index (κ1) is 15.6. The lowest BCUT2D eigenvalue weighted by atomic mass is 9.89. The molecule has 1 aromatic heterocycles. The summed E-state index contributed by atoms with van der Waals surface area (Å²) in [6.07, 6.45) is 2.54. The van der Waals surface area contributed by atoms with E-state index in [0.717, 1.165) is 29.7 Å². The molecule has 2 heterocycles. The summed E-state index contributed by atoms with van der Waals surface area (Å²) in [5.74, 6) is 0.736. The molecule has 1 saturated heterocycles. The Labute approximate surface area is 147 Å². The van der Waals surface area contributed by atoms with Crippen molar-refractivity contribution in [3.05, 3.63) is 60.2 Å². The number of aromatic nitrogens is 1. The monoisotopic (exact) mass is 337 g/mol. The lowest BCUT2D eigenvalue weighted by molar-refractivity contribution is 0.219. The van der Waals surface area contributed by atoms with E-state index in [9.17, 15) is 0 Å². The van der Waals surface area contributed by atoms with Crippen molar-refractivity contribution in [1.82, 2.24) is 9.88 Å². The van der Waals surface area contributed by atoms with E-state index < -0.39 is 0 Å². The van der Waals surface area contributed by atoms with E-state index in [2.05, 4.69) is 63.7 Å². The Kier molecular flexibility index (Phi) is 4.76. The molecule has 124 valence electrons. The Morgan fingerprint density at radius 1 is 1.00 bits per heavy atom. The van der Waals surface area contributed by atoms with E-state index in [4.69, 9.17) is 0 Å². The van der Waals surface area contributed by atoms with Crippen molar-refractivity contribution in [2.24, 2.45) is 0 Å². The molecule has 0 unspecified atom stereocenters. The summed E-state index contributed by atoms with van der Waals surface area (Å²) in [5.41, 5.74) is 2.60. The van der Waals surface area contributed by atoms with Crippen LogP contribution in [0.25, 0.3) is 10.2 Å². The lowest BCUT2D eigenvalue weighted by Gasteiger charge is -2.32. The zero-order valence-electron chi connectivity index (χ0n) is 13.8. The van der Waals surface area contributed by atoms with Crippen LogP contribution in [0, 0.1) is 0 Å². The van der Waals surface area contributed by atoms with Gasteiger partial charge in [0, 0.05) is 13.1 Å². The van der Waals surface area contributed by atoms with Crippen molar-refractivity contribution in [2.75, 3.05) is 31.5 Å². The van der Waals surface area contributed by atoms with Crippen molar-refractivity contribution in [3.8, 4) is 0 Å². The van der Waals surface area contributed by atoms with E-state index in [0.29, 0.717) is 0 Å². The molecule has 0 radical (unpaired) electrons. The fourth-order valence-corrected chi connectivity index (χ4v) is 4.38. The van der Waals surface area contributed by atoms with Crippen LogP contribution in [0.15, 0.2) is 54.6 Å². The van der Waals surface area contributed by atoms with Crippen LogP contribution < -0.4 is 5.32 Å². The standard InChI is InChI=1S/C20H23N3S/c1-2-6-16(7-3-1)17-10-13-23(14-11-17)15-12-21-20-22-18-8-4-5-9-19(18)24-20/h1-9,17H,10-15H2,(H,21,22). The molecule has 1 aliphatic rings. The number of rotatable bonds is 5. The number of nitrogens with one attached hydrogen (secondary N) is 1. The molecular weight excluding hydrogens is 314 g/mol. The highest BCUT2D eigenvalue weighted by atomic mass is 32.1. The highest BCUT2D eigenvalue weighted by molar-refractivity contribution is 7.22. The number of likely N-dealkylation sites (tertiary alicyclic amines) is 1. The highest BCUT2D eigenvalue weighted by Crippen LogP contribution is 2.28. The third-order valence-corrected chi connectivity index (χ3v) is 5.85. The van der Waals surface area contributed by atoms with E-state index in [1.165, 1.54) is 36.2 Å². The van der Waals surface area contributed by atoms with Gasteiger partial charge in [-0.2, -0.15) is 0 Å². The predicted molar refractivity (Wildman–Crippen MR) is 103 cm³/mol. The summed E-state index contributed by atoms with van der Waals surface area (Å²) in [6, 6.07) is 19.3. The maximum absolute atomic E-state index is 4.64. The van der Waals surface area contributed by atoms with Crippen molar-refractivity contribution < 1.29 is 0 Å². The molecule has 24 heavy (non-hydrogen) atoms. The van der Waals surface area contributed by atoms with E-state index in [1.54, 1.807) is 11.3 Å². The van der Waals surface area contributed by atoms with Gasteiger partial charge in [0.05, 0.1) is 10.2 Å². The van der Waals surface area contributed by atoms with E-state index in [1.807, 2.05) is 6.07 Å². The summed E-state index contributed by atoms with van der Waals surface area (Å²) in [4.78, 5) is 7.21. The topological polar surface area (TPSA) is 28.2 Å². The Bertz CT molecular complexity index is 743. The minimum absolute atomic E-state index is 0.736. The van der Waals surface area contributed by atoms with Gasteiger partial charge in [-0.25, -0.2) is 4.98 Å². The third-order valence-electron chi connectivity index (χ3n) is 4.86. The second-order valence-corrected chi connectivity index (χ2v) is 7.47. The van der Waals surface area contributed by atoms with Gasteiger partial charge in [0.15, 0.2) is 5.13 Å². The molecule has 0 spiro atoms. The fraction of sp³-hybridized carbons (Fsp3) is 0.350. The second kappa shape index (κ2) is 7.32. The summed E-state index contributed by atoms with van der Waals surface area (Å²) in [6.45, 7) is 4.45. The maximum Gasteiger partial charge on any atom is 0.183 e. The van der Waals surface area contributed by atoms with Crippen LogP contribution >= 0.6 is 11.3 Å². The van der Waals surface area contributed by atoms with Gasteiger partial charge in [0.25, 0.3) is 0 Å². The summed E-state index contributed by atoms with van der Waals surface area (Å²) in [5, 5.41) is 4.53. The van der Waals surface area contributed by atoms with Gasteiger partial charge in [0.1, 0.15) is 0 Å². The second-order valence-electron chi connectivity index (χ2n) is 6.44. The summed E-state index contributed by atoms with van der Waals surface area (Å²) < 4.78 is 1.25. The molecule has 4 heteroatoms. The van der Waals surface area contributed by atoms with E-state index in [-0.39, 0.29) is 0 Å². The normalized spacial score (nSPS) is 16.5. The molecule has 0 amide bonds. The number of benzene rings is 2. The van der Waals surface area contributed by atoms with Crippen LogP contribution in [-0.2, 0) is 0 Å². The molecule has 0 saturated carbocycles. The van der Waals surface area contributed by atoms with E-state index >= 15 is 0 Å². The molecule has 0 atom stereocenters. The predicted octanol–water partition coefficient (Wildman–Crippen LogP) is 4.59. The number of hydrogen-bond acceptors (Lipinski definition) is 4. The van der Waals surface area contributed by atoms with Gasteiger partial charge in [-0.15, -0.1) is 0 Å².